The highest BCUT2D eigenvalue weighted by molar-refractivity contribution is 7.13. The van der Waals surface area contributed by atoms with Gasteiger partial charge in [0.25, 0.3) is 0 Å². The number of rotatable bonds is 7. The summed E-state index contributed by atoms with van der Waals surface area (Å²) in [4.78, 5) is 25.7. The van der Waals surface area contributed by atoms with Crippen LogP contribution < -0.4 is 5.32 Å². The molecule has 0 atom stereocenters. The van der Waals surface area contributed by atoms with Crippen molar-refractivity contribution in [3.63, 3.8) is 0 Å². The van der Waals surface area contributed by atoms with Crippen molar-refractivity contribution in [1.29, 1.82) is 0 Å². The van der Waals surface area contributed by atoms with Crippen LogP contribution in [0.1, 0.15) is 18.4 Å². The molecule has 2 heterocycles. The summed E-state index contributed by atoms with van der Waals surface area (Å²) in [5.74, 6) is -0.342. The molecule has 9 heteroatoms. The average Bonchev–Trinajstić information content (AvgIpc) is 3.33. The second kappa shape index (κ2) is 8.34. The fraction of sp³-hybridized carbons (Fsp3) is 0.235. The molecule has 0 radical (unpaired) electrons. The number of nitrogens with zero attached hydrogens (tertiary/aromatic N) is 5. The predicted molar refractivity (Wildman–Crippen MR) is 97.8 cm³/mol. The highest BCUT2D eigenvalue weighted by atomic mass is 32.1. The van der Waals surface area contributed by atoms with Gasteiger partial charge in [-0.1, -0.05) is 23.5 Å². The lowest BCUT2D eigenvalue weighted by atomic mass is 10.2. The number of hydrogen-bond acceptors (Lipinski definition) is 6. The van der Waals surface area contributed by atoms with Gasteiger partial charge in [0.1, 0.15) is 5.51 Å². The van der Waals surface area contributed by atoms with Crippen molar-refractivity contribution in [2.24, 2.45) is 0 Å². The van der Waals surface area contributed by atoms with Crippen molar-refractivity contribution in [1.82, 2.24) is 24.9 Å². The van der Waals surface area contributed by atoms with Crippen LogP contribution in [0, 0.1) is 0 Å². The van der Waals surface area contributed by atoms with E-state index < -0.39 is 0 Å². The quantitative estimate of drug-likeness (QED) is 0.687. The van der Waals surface area contributed by atoms with E-state index in [1.807, 2.05) is 36.5 Å². The first-order valence-electron chi connectivity index (χ1n) is 8.01. The fourth-order valence-corrected chi connectivity index (χ4v) is 2.86. The van der Waals surface area contributed by atoms with Gasteiger partial charge in [0.15, 0.2) is 0 Å². The minimum atomic E-state index is -0.246. The van der Waals surface area contributed by atoms with Gasteiger partial charge in [-0.25, -0.2) is 4.68 Å². The zero-order chi connectivity index (χ0) is 18.4. The van der Waals surface area contributed by atoms with Gasteiger partial charge in [0.2, 0.25) is 16.9 Å². The Morgan fingerprint density at radius 2 is 2.15 bits per heavy atom. The van der Waals surface area contributed by atoms with Crippen molar-refractivity contribution in [3.05, 3.63) is 53.8 Å². The molecular weight excluding hydrogens is 352 g/mol. The van der Waals surface area contributed by atoms with E-state index in [1.54, 1.807) is 22.8 Å². The summed E-state index contributed by atoms with van der Waals surface area (Å²) >= 11 is 1.24. The molecule has 0 saturated heterocycles. The third-order valence-electron chi connectivity index (χ3n) is 3.70. The van der Waals surface area contributed by atoms with Crippen LogP contribution in [0.25, 0.3) is 5.69 Å². The molecule has 0 aliphatic carbocycles. The highest BCUT2D eigenvalue weighted by Crippen LogP contribution is 2.13. The van der Waals surface area contributed by atoms with Crippen molar-refractivity contribution in [3.8, 4) is 5.69 Å². The first kappa shape index (κ1) is 17.7. The number of anilines is 1. The SMILES string of the molecule is CN(Cc1cccc(-n2cccn2)c1)C(=O)CCC(=O)Nc1nncs1. The maximum absolute atomic E-state index is 12.3. The number of hydrogen-bond donors (Lipinski definition) is 1. The van der Waals surface area contributed by atoms with E-state index in [9.17, 15) is 9.59 Å². The molecule has 0 unspecified atom stereocenters. The van der Waals surface area contributed by atoms with E-state index in [-0.39, 0.29) is 24.7 Å². The van der Waals surface area contributed by atoms with Crippen LogP contribution >= 0.6 is 11.3 Å². The summed E-state index contributed by atoms with van der Waals surface area (Å²) in [6, 6.07) is 9.68. The topological polar surface area (TPSA) is 93.0 Å². The lowest BCUT2D eigenvalue weighted by molar-refractivity contribution is -0.132. The maximum atomic E-state index is 12.3. The van der Waals surface area contributed by atoms with Crippen molar-refractivity contribution < 1.29 is 9.59 Å². The van der Waals surface area contributed by atoms with Gasteiger partial charge < -0.3 is 10.2 Å². The Kier molecular flexibility index (Phi) is 5.69. The van der Waals surface area contributed by atoms with Crippen molar-refractivity contribution in [2.45, 2.75) is 19.4 Å². The first-order chi connectivity index (χ1) is 12.6. The normalized spacial score (nSPS) is 10.5. The van der Waals surface area contributed by atoms with Gasteiger partial charge in [-0.3, -0.25) is 9.59 Å². The van der Waals surface area contributed by atoms with Crippen LogP contribution in [0.5, 0.6) is 0 Å². The Morgan fingerprint density at radius 1 is 1.27 bits per heavy atom. The molecule has 26 heavy (non-hydrogen) atoms. The van der Waals surface area contributed by atoms with Gasteiger partial charge in [-0.2, -0.15) is 5.10 Å². The molecule has 0 fully saturated rings. The van der Waals surface area contributed by atoms with Gasteiger partial charge in [0.05, 0.1) is 5.69 Å². The molecule has 1 aromatic carbocycles. The summed E-state index contributed by atoms with van der Waals surface area (Å²) in [5, 5.41) is 14.6. The molecule has 1 N–H and O–H groups in total. The summed E-state index contributed by atoms with van der Waals surface area (Å²) in [6.45, 7) is 0.464. The number of nitrogens with one attached hydrogen (secondary N) is 1. The molecule has 2 amide bonds. The average molecular weight is 370 g/mol. The van der Waals surface area contributed by atoms with Crippen LogP contribution in [-0.2, 0) is 16.1 Å². The lowest BCUT2D eigenvalue weighted by Crippen LogP contribution is -2.27. The molecule has 3 rings (SSSR count). The van der Waals surface area contributed by atoms with Crippen molar-refractivity contribution >= 4 is 28.3 Å². The van der Waals surface area contributed by atoms with Gasteiger partial charge in [-0.15, -0.1) is 10.2 Å². The van der Waals surface area contributed by atoms with E-state index in [1.165, 1.54) is 16.8 Å². The minimum Gasteiger partial charge on any atom is -0.341 e. The Bertz CT molecular complexity index is 863. The van der Waals surface area contributed by atoms with E-state index in [0.717, 1.165) is 11.3 Å². The number of aromatic nitrogens is 4. The zero-order valence-electron chi connectivity index (χ0n) is 14.2. The molecule has 3 aromatic rings. The Balaban J connectivity index is 1.51. The molecule has 0 aliphatic heterocycles. The van der Waals surface area contributed by atoms with Crippen LogP contribution in [-0.4, -0.2) is 43.7 Å². The third kappa shape index (κ3) is 4.73. The van der Waals surface area contributed by atoms with E-state index in [0.29, 0.717) is 11.7 Å². The van der Waals surface area contributed by atoms with E-state index in [2.05, 4.69) is 20.6 Å². The number of carbonyl (C=O) groups excluding carboxylic acids is 2. The van der Waals surface area contributed by atoms with Crippen molar-refractivity contribution in [2.75, 3.05) is 12.4 Å². The van der Waals surface area contributed by atoms with Gasteiger partial charge in [-0.05, 0) is 23.8 Å². The number of carbonyl (C=O) groups is 2. The van der Waals surface area contributed by atoms with Crippen LogP contribution in [0.2, 0.25) is 0 Å². The van der Waals surface area contributed by atoms with Crippen LogP contribution in [0.3, 0.4) is 0 Å². The molecule has 2 aromatic heterocycles. The zero-order valence-corrected chi connectivity index (χ0v) is 15.0. The molecule has 0 aliphatic rings. The Hall–Kier alpha value is -3.07. The summed E-state index contributed by atoms with van der Waals surface area (Å²) in [5.41, 5.74) is 3.46. The minimum absolute atomic E-state index is 0.0955. The largest absolute Gasteiger partial charge is 0.341 e. The fourth-order valence-electron chi connectivity index (χ4n) is 2.40. The molecule has 8 nitrogen and oxygen atoms in total. The molecule has 0 spiro atoms. The van der Waals surface area contributed by atoms with Gasteiger partial charge in [0, 0.05) is 38.8 Å². The molecule has 0 saturated carbocycles. The second-order valence-electron chi connectivity index (χ2n) is 5.66. The number of benzene rings is 1. The van der Waals surface area contributed by atoms with Crippen LogP contribution in [0.15, 0.2) is 48.2 Å². The van der Waals surface area contributed by atoms with E-state index in [4.69, 9.17) is 0 Å². The van der Waals surface area contributed by atoms with E-state index >= 15 is 0 Å². The first-order valence-corrected chi connectivity index (χ1v) is 8.89. The second-order valence-corrected chi connectivity index (χ2v) is 6.50. The smallest absolute Gasteiger partial charge is 0.226 e. The molecular formula is C17H18N6O2S. The summed E-state index contributed by atoms with van der Waals surface area (Å²) in [6.07, 6.45) is 3.83. The third-order valence-corrected chi connectivity index (χ3v) is 4.30. The molecule has 0 bridgehead atoms. The van der Waals surface area contributed by atoms with Gasteiger partial charge >= 0.3 is 0 Å². The number of amides is 2. The highest BCUT2D eigenvalue weighted by Gasteiger charge is 2.13. The standard InChI is InChI=1S/C17H18N6O2S/c1-22(16(25)7-6-15(24)20-17-21-18-12-26-17)11-13-4-2-5-14(10-13)23-9-3-8-19-23/h2-5,8-10,12H,6-7,11H2,1H3,(H,20,21,24). The summed E-state index contributed by atoms with van der Waals surface area (Å²) in [7, 11) is 1.73. The molecule has 134 valence electrons. The monoisotopic (exact) mass is 370 g/mol. The lowest BCUT2D eigenvalue weighted by Gasteiger charge is -2.17. The Morgan fingerprint density at radius 3 is 2.88 bits per heavy atom. The maximum Gasteiger partial charge on any atom is 0.226 e. The summed E-state index contributed by atoms with van der Waals surface area (Å²) < 4.78 is 1.77. The Labute approximate surface area is 154 Å². The predicted octanol–water partition coefficient (Wildman–Crippen LogP) is 2.10. The van der Waals surface area contributed by atoms with Crippen LogP contribution in [0.4, 0.5) is 5.13 Å².